The largest absolute Gasteiger partial charge is 0.345 e. The van der Waals surface area contributed by atoms with Crippen LogP contribution in [-0.2, 0) is 18.9 Å². The lowest BCUT2D eigenvalue weighted by molar-refractivity contribution is -0.117. The van der Waals surface area contributed by atoms with Gasteiger partial charge in [0.2, 0.25) is 0 Å². The lowest BCUT2D eigenvalue weighted by atomic mass is 10.1. The van der Waals surface area contributed by atoms with Crippen LogP contribution in [0.5, 0.6) is 0 Å². The molecule has 6 heteroatoms. The first kappa shape index (κ1) is 18.2. The van der Waals surface area contributed by atoms with Gasteiger partial charge in [0.15, 0.2) is 0 Å². The maximum atomic E-state index is 12.5. The van der Waals surface area contributed by atoms with E-state index in [1.807, 2.05) is 49.4 Å². The smallest absolute Gasteiger partial charge is 0.328 e. The number of fused-ring (bicyclic) bond motifs is 1. The number of imidazole rings is 1. The van der Waals surface area contributed by atoms with Crippen LogP contribution < -0.4 is 11.0 Å². The minimum Gasteiger partial charge on any atom is -0.345 e. The van der Waals surface area contributed by atoms with E-state index < -0.39 is 5.91 Å². The lowest BCUT2D eigenvalue weighted by Crippen LogP contribution is -2.27. The van der Waals surface area contributed by atoms with E-state index >= 15 is 0 Å². The van der Waals surface area contributed by atoms with E-state index in [0.29, 0.717) is 5.56 Å². The first-order chi connectivity index (χ1) is 12.9. The Kier molecular flexibility index (Phi) is 4.95. The molecule has 0 saturated heterocycles. The highest BCUT2D eigenvalue weighted by atomic mass is 16.2. The summed E-state index contributed by atoms with van der Waals surface area (Å²) in [6.45, 7) is 1.87. The highest BCUT2D eigenvalue weighted by Gasteiger charge is 2.14. The first-order valence-electron chi connectivity index (χ1n) is 8.55. The van der Waals surface area contributed by atoms with Crippen LogP contribution in [-0.4, -0.2) is 15.0 Å². The van der Waals surface area contributed by atoms with Crippen LogP contribution in [0.25, 0.3) is 17.1 Å². The first-order valence-corrected chi connectivity index (χ1v) is 8.55. The molecule has 0 saturated carbocycles. The highest BCUT2D eigenvalue weighted by Crippen LogP contribution is 2.17. The Morgan fingerprint density at radius 2 is 1.78 bits per heavy atom. The Hall–Kier alpha value is -3.59. The number of amides is 1. The van der Waals surface area contributed by atoms with Crippen molar-refractivity contribution in [1.82, 2.24) is 14.5 Å². The van der Waals surface area contributed by atoms with E-state index in [1.165, 1.54) is 10.6 Å². The van der Waals surface area contributed by atoms with E-state index in [1.54, 1.807) is 30.8 Å². The third-order valence-electron chi connectivity index (χ3n) is 4.62. The molecule has 3 rings (SSSR count). The quantitative estimate of drug-likeness (QED) is 0.574. The van der Waals surface area contributed by atoms with Gasteiger partial charge >= 0.3 is 5.69 Å². The van der Waals surface area contributed by atoms with Crippen molar-refractivity contribution in [3.63, 3.8) is 0 Å². The minimum atomic E-state index is -0.434. The van der Waals surface area contributed by atoms with Crippen LogP contribution in [0.3, 0.4) is 0 Å². The van der Waals surface area contributed by atoms with Crippen LogP contribution in [0.1, 0.15) is 24.1 Å². The van der Waals surface area contributed by atoms with Crippen molar-refractivity contribution >= 4 is 23.0 Å². The molecule has 0 spiro atoms. The van der Waals surface area contributed by atoms with Crippen LogP contribution in [0.4, 0.5) is 0 Å². The molecular formula is C21H20N4O2. The number of aryl methyl sites for hydroxylation is 2. The summed E-state index contributed by atoms with van der Waals surface area (Å²) in [5.74, 6) is -0.434. The molecular weight excluding hydrogens is 340 g/mol. The number of nitrogens with zero attached hydrogens (tertiary/aromatic N) is 3. The zero-order valence-corrected chi connectivity index (χ0v) is 15.4. The molecule has 6 nitrogen and oxygen atoms in total. The van der Waals surface area contributed by atoms with Crippen molar-refractivity contribution in [3.05, 3.63) is 75.7 Å². The monoisotopic (exact) mass is 360 g/mol. The standard InChI is InChI=1S/C21H20N4O2/c1-14(16-7-5-4-6-8-16)23-20(26)17(13-22)11-15-9-10-18-19(12-15)25(3)21(27)24(18)2/h4-12,14H,1-3H3,(H,23,26)/b17-11-/t14-/m0/s1. The average molecular weight is 360 g/mol. The predicted molar refractivity (Wildman–Crippen MR) is 105 cm³/mol. The summed E-state index contributed by atoms with van der Waals surface area (Å²) >= 11 is 0. The summed E-state index contributed by atoms with van der Waals surface area (Å²) in [6, 6.07) is 16.7. The average Bonchev–Trinajstić information content (AvgIpc) is 2.90. The van der Waals surface area contributed by atoms with E-state index in [-0.39, 0.29) is 17.3 Å². The molecule has 0 aliphatic rings. The van der Waals surface area contributed by atoms with Crippen molar-refractivity contribution in [2.45, 2.75) is 13.0 Å². The number of benzene rings is 2. The molecule has 2 aromatic carbocycles. The number of rotatable bonds is 4. The van der Waals surface area contributed by atoms with Gasteiger partial charge in [0, 0.05) is 14.1 Å². The van der Waals surface area contributed by atoms with E-state index in [2.05, 4.69) is 5.32 Å². The summed E-state index contributed by atoms with van der Waals surface area (Å²) in [7, 11) is 3.40. The zero-order chi connectivity index (χ0) is 19.6. The fourth-order valence-electron chi connectivity index (χ4n) is 3.03. The maximum absolute atomic E-state index is 12.5. The topological polar surface area (TPSA) is 79.8 Å². The van der Waals surface area contributed by atoms with Gasteiger partial charge in [-0.05, 0) is 36.3 Å². The number of hydrogen-bond donors (Lipinski definition) is 1. The van der Waals surface area contributed by atoms with Crippen molar-refractivity contribution in [2.75, 3.05) is 0 Å². The third kappa shape index (κ3) is 3.53. The molecule has 136 valence electrons. The number of aromatic nitrogens is 2. The normalized spacial score (nSPS) is 12.6. The van der Waals surface area contributed by atoms with Crippen molar-refractivity contribution in [2.24, 2.45) is 14.1 Å². The SMILES string of the molecule is C[C@H](NC(=O)/C(C#N)=C\c1ccc2c(c1)n(C)c(=O)n2C)c1ccccc1. The second kappa shape index (κ2) is 7.34. The molecule has 3 aromatic rings. The molecule has 1 atom stereocenters. The van der Waals surface area contributed by atoms with Gasteiger partial charge in [-0.15, -0.1) is 0 Å². The molecule has 0 aliphatic heterocycles. The zero-order valence-electron chi connectivity index (χ0n) is 15.4. The summed E-state index contributed by atoms with van der Waals surface area (Å²) in [4.78, 5) is 24.5. The van der Waals surface area contributed by atoms with Crippen LogP contribution in [0.2, 0.25) is 0 Å². The summed E-state index contributed by atoms with van der Waals surface area (Å²) in [6.07, 6.45) is 1.53. The third-order valence-corrected chi connectivity index (χ3v) is 4.62. The Balaban J connectivity index is 1.89. The predicted octanol–water partition coefficient (Wildman–Crippen LogP) is 2.66. The summed E-state index contributed by atoms with van der Waals surface area (Å²) in [5.41, 5.74) is 3.07. The van der Waals surface area contributed by atoms with Crippen molar-refractivity contribution in [1.29, 1.82) is 5.26 Å². The summed E-state index contributed by atoms with van der Waals surface area (Å²) in [5, 5.41) is 12.3. The molecule has 0 unspecified atom stereocenters. The molecule has 0 bridgehead atoms. The second-order valence-electron chi connectivity index (χ2n) is 6.42. The molecule has 1 N–H and O–H groups in total. The Bertz CT molecular complexity index is 1130. The molecule has 0 radical (unpaired) electrons. The van der Waals surface area contributed by atoms with Crippen LogP contribution in [0, 0.1) is 11.3 Å². The van der Waals surface area contributed by atoms with Gasteiger partial charge in [-0.2, -0.15) is 5.26 Å². The van der Waals surface area contributed by atoms with Crippen LogP contribution >= 0.6 is 0 Å². The number of nitrogens with one attached hydrogen (secondary N) is 1. The Morgan fingerprint density at radius 3 is 2.44 bits per heavy atom. The lowest BCUT2D eigenvalue weighted by Gasteiger charge is -2.13. The van der Waals surface area contributed by atoms with Gasteiger partial charge in [-0.3, -0.25) is 13.9 Å². The van der Waals surface area contributed by atoms with E-state index in [0.717, 1.165) is 16.6 Å². The molecule has 1 aromatic heterocycles. The fraction of sp³-hybridized carbons (Fsp3) is 0.190. The number of carbonyl (C=O) groups is 1. The molecule has 1 amide bonds. The molecule has 27 heavy (non-hydrogen) atoms. The van der Waals surface area contributed by atoms with Gasteiger partial charge in [0.05, 0.1) is 17.1 Å². The minimum absolute atomic E-state index is 0.0121. The molecule has 0 aliphatic carbocycles. The fourth-order valence-corrected chi connectivity index (χ4v) is 3.03. The molecule has 0 fully saturated rings. The van der Waals surface area contributed by atoms with E-state index in [4.69, 9.17) is 0 Å². The maximum Gasteiger partial charge on any atom is 0.328 e. The number of hydrogen-bond acceptors (Lipinski definition) is 3. The van der Waals surface area contributed by atoms with Crippen LogP contribution in [0.15, 0.2) is 58.9 Å². The summed E-state index contributed by atoms with van der Waals surface area (Å²) < 4.78 is 3.10. The van der Waals surface area contributed by atoms with Gasteiger partial charge in [-0.1, -0.05) is 36.4 Å². The van der Waals surface area contributed by atoms with Gasteiger partial charge in [-0.25, -0.2) is 4.79 Å². The number of carbonyl (C=O) groups excluding carboxylic acids is 1. The Morgan fingerprint density at radius 1 is 1.11 bits per heavy atom. The molecule has 1 heterocycles. The van der Waals surface area contributed by atoms with Crippen molar-refractivity contribution < 1.29 is 4.79 Å². The van der Waals surface area contributed by atoms with Crippen molar-refractivity contribution in [3.8, 4) is 6.07 Å². The van der Waals surface area contributed by atoms with E-state index in [9.17, 15) is 14.9 Å². The van der Waals surface area contributed by atoms with Gasteiger partial charge in [0.1, 0.15) is 11.6 Å². The highest BCUT2D eigenvalue weighted by molar-refractivity contribution is 6.02. The number of nitriles is 1. The Labute approximate surface area is 157 Å². The van der Waals surface area contributed by atoms with Gasteiger partial charge < -0.3 is 5.32 Å². The second-order valence-corrected chi connectivity index (χ2v) is 6.42. The van der Waals surface area contributed by atoms with Gasteiger partial charge in [0.25, 0.3) is 5.91 Å².